The van der Waals surface area contributed by atoms with E-state index in [-0.39, 0.29) is 0 Å². The quantitative estimate of drug-likeness (QED) is 0.296. The molecule has 0 saturated carbocycles. The minimum Gasteiger partial charge on any atom is -0.0836 e. The van der Waals surface area contributed by atoms with Crippen molar-refractivity contribution < 1.29 is 0 Å². The van der Waals surface area contributed by atoms with Gasteiger partial charge in [-0.05, 0) is 57.2 Å². The summed E-state index contributed by atoms with van der Waals surface area (Å²) in [5, 5.41) is 5.98. The molecule has 2 aliphatic carbocycles. The SMILES string of the molecule is ClC1=CC=C2C(=Cc3ccccc32)C1=P(c1ccccc1)(c1ccccc1)c1ccccc1. The molecule has 0 bridgehead atoms. The van der Waals surface area contributed by atoms with Crippen LogP contribution in [-0.4, -0.2) is 5.29 Å². The van der Waals surface area contributed by atoms with Gasteiger partial charge in [-0.3, -0.25) is 0 Å². The average molecular weight is 461 g/mol. The van der Waals surface area contributed by atoms with Crippen molar-refractivity contribution in [2.24, 2.45) is 0 Å². The van der Waals surface area contributed by atoms with E-state index in [1.165, 1.54) is 43.5 Å². The Morgan fingerprint density at radius 2 is 0.970 bits per heavy atom. The van der Waals surface area contributed by atoms with Crippen LogP contribution in [0.2, 0.25) is 0 Å². The minimum absolute atomic E-state index is 0.822. The molecule has 158 valence electrons. The van der Waals surface area contributed by atoms with Crippen molar-refractivity contribution in [3.8, 4) is 0 Å². The fourth-order valence-electron chi connectivity index (χ4n) is 5.12. The maximum absolute atomic E-state index is 7.19. The van der Waals surface area contributed by atoms with E-state index < -0.39 is 6.89 Å². The highest BCUT2D eigenvalue weighted by molar-refractivity contribution is 7.96. The number of fused-ring (bicyclic) bond motifs is 3. The van der Waals surface area contributed by atoms with Gasteiger partial charge in [-0.25, -0.2) is 0 Å². The molecule has 0 heterocycles. The van der Waals surface area contributed by atoms with E-state index >= 15 is 0 Å². The van der Waals surface area contributed by atoms with Crippen molar-refractivity contribution in [3.05, 3.63) is 149 Å². The predicted octanol–water partition coefficient (Wildman–Crippen LogP) is 6.77. The van der Waals surface area contributed by atoms with Gasteiger partial charge in [-0.2, -0.15) is 0 Å². The van der Waals surface area contributed by atoms with Crippen LogP contribution in [0.5, 0.6) is 0 Å². The zero-order valence-corrected chi connectivity index (χ0v) is 19.7. The zero-order valence-electron chi connectivity index (χ0n) is 18.0. The second kappa shape index (κ2) is 8.23. The number of benzene rings is 4. The van der Waals surface area contributed by atoms with E-state index in [1.807, 2.05) is 0 Å². The highest BCUT2D eigenvalue weighted by Gasteiger charge is 2.36. The fourth-order valence-corrected chi connectivity index (χ4v) is 10.1. The van der Waals surface area contributed by atoms with Gasteiger partial charge in [-0.15, -0.1) is 0 Å². The molecule has 2 aliphatic rings. The van der Waals surface area contributed by atoms with Crippen molar-refractivity contribution in [1.29, 1.82) is 0 Å². The van der Waals surface area contributed by atoms with E-state index in [4.69, 9.17) is 11.6 Å². The fraction of sp³-hybridized carbons (Fsp3) is 0. The van der Waals surface area contributed by atoms with E-state index in [2.05, 4.69) is 133 Å². The molecule has 0 aliphatic heterocycles. The lowest BCUT2D eigenvalue weighted by Gasteiger charge is -2.34. The summed E-state index contributed by atoms with van der Waals surface area (Å²) in [4.78, 5) is 0. The summed E-state index contributed by atoms with van der Waals surface area (Å²) in [6, 6.07) is 41.4. The molecule has 0 nitrogen and oxygen atoms in total. The smallest absolute Gasteiger partial charge is 0.0495 e. The summed E-state index contributed by atoms with van der Waals surface area (Å²) in [6.45, 7) is -2.28. The summed E-state index contributed by atoms with van der Waals surface area (Å²) in [6.07, 6.45) is 6.60. The second-order valence-corrected chi connectivity index (χ2v) is 12.0. The van der Waals surface area contributed by atoms with Crippen LogP contribution in [0.25, 0.3) is 11.6 Å². The van der Waals surface area contributed by atoms with E-state index in [0.717, 1.165) is 5.03 Å². The van der Waals surface area contributed by atoms with Crippen LogP contribution in [0.1, 0.15) is 11.1 Å². The first-order valence-electron chi connectivity index (χ1n) is 11.1. The largest absolute Gasteiger partial charge is 0.0836 e. The van der Waals surface area contributed by atoms with Crippen LogP contribution in [0.3, 0.4) is 0 Å². The minimum atomic E-state index is -2.28. The molecule has 2 heteroatoms. The van der Waals surface area contributed by atoms with Crippen LogP contribution >= 0.6 is 18.5 Å². The Bertz CT molecular complexity index is 1390. The molecule has 0 spiro atoms. The average Bonchev–Trinajstić information content (AvgIpc) is 3.26. The third-order valence-electron chi connectivity index (χ3n) is 6.48. The molecule has 0 amide bonds. The molecule has 4 aromatic carbocycles. The van der Waals surface area contributed by atoms with Gasteiger partial charge in [-0.1, -0.05) is 133 Å². The van der Waals surface area contributed by atoms with Crippen molar-refractivity contribution in [2.45, 2.75) is 0 Å². The number of rotatable bonds is 3. The molecule has 0 aromatic heterocycles. The topological polar surface area (TPSA) is 0 Å². The Balaban J connectivity index is 1.84. The van der Waals surface area contributed by atoms with Gasteiger partial charge in [0.1, 0.15) is 0 Å². The maximum atomic E-state index is 7.19. The van der Waals surface area contributed by atoms with Crippen molar-refractivity contribution in [1.82, 2.24) is 0 Å². The van der Waals surface area contributed by atoms with E-state index in [9.17, 15) is 0 Å². The molecule has 0 atom stereocenters. The number of halogens is 1. The predicted molar refractivity (Wildman–Crippen MR) is 146 cm³/mol. The van der Waals surface area contributed by atoms with Gasteiger partial charge in [0, 0.05) is 10.3 Å². The highest BCUT2D eigenvalue weighted by atomic mass is 35.5. The first-order chi connectivity index (χ1) is 16.3. The lowest BCUT2D eigenvalue weighted by atomic mass is 9.97. The van der Waals surface area contributed by atoms with Crippen LogP contribution in [-0.2, 0) is 0 Å². The maximum Gasteiger partial charge on any atom is 0.0495 e. The van der Waals surface area contributed by atoms with Gasteiger partial charge < -0.3 is 0 Å². The van der Waals surface area contributed by atoms with Crippen LogP contribution < -0.4 is 15.9 Å². The Morgan fingerprint density at radius 1 is 0.485 bits per heavy atom. The number of hydrogen-bond donors (Lipinski definition) is 0. The third kappa shape index (κ3) is 3.14. The number of hydrogen-bond acceptors (Lipinski definition) is 0. The van der Waals surface area contributed by atoms with Crippen molar-refractivity contribution in [2.75, 3.05) is 0 Å². The molecule has 0 fully saturated rings. The standard InChI is InChI=1S/C31H22ClP/c32-30-21-20-28-27-19-11-10-12-23(27)22-29(28)31(30)33(24-13-4-1-5-14-24,25-15-6-2-7-16-25)26-17-8-3-9-18-26/h1-22H. The molecule has 0 saturated heterocycles. The Hall–Kier alpha value is -3.31. The Morgan fingerprint density at radius 3 is 1.52 bits per heavy atom. The van der Waals surface area contributed by atoms with Gasteiger partial charge in [0.25, 0.3) is 0 Å². The first kappa shape index (κ1) is 20.3. The summed E-state index contributed by atoms with van der Waals surface area (Å²) >= 11 is 7.19. The summed E-state index contributed by atoms with van der Waals surface area (Å²) < 4.78 is 0. The normalized spacial score (nSPS) is 14.7. The van der Waals surface area contributed by atoms with Gasteiger partial charge in [0.05, 0.1) is 0 Å². The Labute approximate surface area is 200 Å². The van der Waals surface area contributed by atoms with Crippen molar-refractivity contribution in [3.63, 3.8) is 0 Å². The van der Waals surface area contributed by atoms with Crippen molar-refractivity contribution >= 4 is 51.3 Å². The lowest BCUT2D eigenvalue weighted by molar-refractivity contribution is 1.61. The van der Waals surface area contributed by atoms with E-state index in [0.29, 0.717) is 0 Å². The third-order valence-corrected chi connectivity index (χ3v) is 11.3. The van der Waals surface area contributed by atoms with Crippen LogP contribution in [0.15, 0.2) is 138 Å². The first-order valence-corrected chi connectivity index (χ1v) is 13.3. The van der Waals surface area contributed by atoms with Crippen LogP contribution in [0.4, 0.5) is 0 Å². The van der Waals surface area contributed by atoms with Gasteiger partial charge in [0.15, 0.2) is 0 Å². The van der Waals surface area contributed by atoms with Gasteiger partial charge >= 0.3 is 0 Å². The summed E-state index contributed by atoms with van der Waals surface area (Å²) in [5.74, 6) is 0. The van der Waals surface area contributed by atoms with Gasteiger partial charge in [0.2, 0.25) is 0 Å². The zero-order chi connectivity index (χ0) is 22.3. The van der Waals surface area contributed by atoms with E-state index in [1.54, 1.807) is 0 Å². The summed E-state index contributed by atoms with van der Waals surface area (Å²) in [5.41, 5.74) is 5.03. The molecule has 0 N–H and O–H groups in total. The molecule has 4 aromatic rings. The number of allylic oxidation sites excluding steroid dienone is 5. The summed E-state index contributed by atoms with van der Waals surface area (Å²) in [7, 11) is 0. The molecule has 0 unspecified atom stereocenters. The molecular formula is C31H22ClP. The lowest BCUT2D eigenvalue weighted by Crippen LogP contribution is -2.31. The molecular weight excluding hydrogens is 439 g/mol. The monoisotopic (exact) mass is 460 g/mol. The molecule has 0 radical (unpaired) electrons. The second-order valence-electron chi connectivity index (χ2n) is 8.27. The Kier molecular flexibility index (Phi) is 5.07. The molecule has 33 heavy (non-hydrogen) atoms. The highest BCUT2D eigenvalue weighted by Crippen LogP contribution is 2.54. The molecule has 6 rings (SSSR count). The van der Waals surface area contributed by atoms with Crippen LogP contribution in [0, 0.1) is 0 Å².